The topological polar surface area (TPSA) is 41.6 Å². The van der Waals surface area contributed by atoms with Crippen LogP contribution in [0.25, 0.3) is 0 Å². The van der Waals surface area contributed by atoms with Crippen LogP contribution >= 0.6 is 27.5 Å². The maximum atomic E-state index is 12.0. The number of halogens is 2. The van der Waals surface area contributed by atoms with Gasteiger partial charge < -0.3 is 15.0 Å². The first-order chi connectivity index (χ1) is 9.06. The van der Waals surface area contributed by atoms with Gasteiger partial charge >= 0.3 is 0 Å². The zero-order chi connectivity index (χ0) is 13.8. The molecule has 1 aliphatic heterocycles. The lowest BCUT2D eigenvalue weighted by Gasteiger charge is -2.30. The minimum atomic E-state index is -0.172. The Morgan fingerprint density at radius 1 is 1.63 bits per heavy atom. The fourth-order valence-electron chi connectivity index (χ4n) is 1.97. The van der Waals surface area contributed by atoms with Crippen LogP contribution in [0.5, 0.6) is 0 Å². The Hall–Kier alpha value is -0.620. The zero-order valence-electron chi connectivity index (χ0n) is 10.7. The largest absolute Gasteiger partial charge is 0.374 e. The third-order valence-corrected chi connectivity index (χ3v) is 3.81. The average molecular weight is 348 g/mol. The molecular formula is C13H16BrClN2O2. The van der Waals surface area contributed by atoms with Crippen LogP contribution in [0.1, 0.15) is 10.4 Å². The van der Waals surface area contributed by atoms with Gasteiger partial charge in [-0.2, -0.15) is 0 Å². The number of hydrogen-bond acceptors (Lipinski definition) is 3. The minimum Gasteiger partial charge on any atom is -0.374 e. The third-order valence-electron chi connectivity index (χ3n) is 3.01. The number of rotatable bonds is 3. The molecule has 1 N–H and O–H groups in total. The molecule has 2 rings (SSSR count). The standard InChI is InChI=1S/C13H16BrClN2O2/c1-17-4-5-19-10(8-17)7-16-13(18)11-3-2-9(14)6-12(11)15/h2-3,6,10H,4-5,7-8H2,1H3,(H,16,18). The summed E-state index contributed by atoms with van der Waals surface area (Å²) in [7, 11) is 2.04. The number of carbonyl (C=O) groups is 1. The lowest BCUT2D eigenvalue weighted by atomic mass is 10.2. The predicted molar refractivity (Wildman–Crippen MR) is 78.7 cm³/mol. The summed E-state index contributed by atoms with van der Waals surface area (Å²) >= 11 is 9.35. The molecule has 0 aromatic heterocycles. The maximum Gasteiger partial charge on any atom is 0.252 e. The van der Waals surface area contributed by atoms with Gasteiger partial charge in [0.2, 0.25) is 0 Å². The number of ether oxygens (including phenoxy) is 1. The van der Waals surface area contributed by atoms with Crippen LogP contribution in [-0.2, 0) is 4.74 Å². The highest BCUT2D eigenvalue weighted by atomic mass is 79.9. The molecule has 4 nitrogen and oxygen atoms in total. The molecular weight excluding hydrogens is 332 g/mol. The van der Waals surface area contributed by atoms with E-state index in [1.54, 1.807) is 18.2 Å². The van der Waals surface area contributed by atoms with Crippen LogP contribution in [0, 0.1) is 0 Å². The first-order valence-electron chi connectivity index (χ1n) is 6.09. The van der Waals surface area contributed by atoms with Gasteiger partial charge in [-0.1, -0.05) is 27.5 Å². The average Bonchev–Trinajstić information content (AvgIpc) is 2.36. The quantitative estimate of drug-likeness (QED) is 0.911. The Bertz CT molecular complexity index is 470. The van der Waals surface area contributed by atoms with Crippen molar-refractivity contribution in [1.29, 1.82) is 0 Å². The lowest BCUT2D eigenvalue weighted by molar-refractivity contribution is -0.0175. The summed E-state index contributed by atoms with van der Waals surface area (Å²) in [6, 6.07) is 5.21. The molecule has 1 unspecified atom stereocenters. The fraction of sp³-hybridized carbons (Fsp3) is 0.462. The number of benzene rings is 1. The summed E-state index contributed by atoms with van der Waals surface area (Å²) in [6.45, 7) is 2.96. The van der Waals surface area contributed by atoms with E-state index >= 15 is 0 Å². The van der Waals surface area contributed by atoms with Crippen molar-refractivity contribution >= 4 is 33.4 Å². The molecule has 1 fully saturated rings. The molecule has 0 aliphatic carbocycles. The van der Waals surface area contributed by atoms with Gasteiger partial charge in [-0.3, -0.25) is 4.79 Å². The van der Waals surface area contributed by atoms with E-state index in [9.17, 15) is 4.79 Å². The number of likely N-dealkylation sites (N-methyl/N-ethyl adjacent to an activating group) is 1. The van der Waals surface area contributed by atoms with Crippen molar-refractivity contribution < 1.29 is 9.53 Å². The number of carbonyl (C=O) groups excluding carboxylic acids is 1. The Balaban J connectivity index is 1.90. The molecule has 104 valence electrons. The molecule has 0 spiro atoms. The van der Waals surface area contributed by atoms with Crippen molar-refractivity contribution in [3.8, 4) is 0 Å². The van der Waals surface area contributed by atoms with E-state index in [1.165, 1.54) is 0 Å². The second kappa shape index (κ2) is 6.70. The van der Waals surface area contributed by atoms with E-state index in [0.29, 0.717) is 23.7 Å². The van der Waals surface area contributed by atoms with Gasteiger partial charge in [0.05, 0.1) is 23.3 Å². The van der Waals surface area contributed by atoms with Crippen molar-refractivity contribution in [1.82, 2.24) is 10.2 Å². The third kappa shape index (κ3) is 4.18. The van der Waals surface area contributed by atoms with Gasteiger partial charge in [0.25, 0.3) is 5.91 Å². The van der Waals surface area contributed by atoms with E-state index in [0.717, 1.165) is 17.6 Å². The van der Waals surface area contributed by atoms with E-state index in [-0.39, 0.29) is 12.0 Å². The fourth-order valence-corrected chi connectivity index (χ4v) is 2.72. The zero-order valence-corrected chi connectivity index (χ0v) is 13.0. The number of nitrogens with one attached hydrogen (secondary N) is 1. The molecule has 1 aromatic rings. The van der Waals surface area contributed by atoms with Crippen LogP contribution in [0.4, 0.5) is 0 Å². The second-order valence-electron chi connectivity index (χ2n) is 4.59. The maximum absolute atomic E-state index is 12.0. The van der Waals surface area contributed by atoms with Crippen molar-refractivity contribution in [3.05, 3.63) is 33.3 Å². The Morgan fingerprint density at radius 2 is 2.42 bits per heavy atom. The first kappa shape index (κ1) is 14.8. The number of amides is 1. The van der Waals surface area contributed by atoms with Gasteiger partial charge in [0.1, 0.15) is 0 Å². The van der Waals surface area contributed by atoms with Crippen molar-refractivity contribution in [2.45, 2.75) is 6.10 Å². The highest BCUT2D eigenvalue weighted by molar-refractivity contribution is 9.10. The number of nitrogens with zero attached hydrogens (tertiary/aromatic N) is 1. The van der Waals surface area contributed by atoms with E-state index in [4.69, 9.17) is 16.3 Å². The van der Waals surface area contributed by atoms with Gasteiger partial charge in [-0.05, 0) is 25.2 Å². The molecule has 1 aromatic carbocycles. The van der Waals surface area contributed by atoms with Crippen LogP contribution < -0.4 is 5.32 Å². The molecule has 1 saturated heterocycles. The van der Waals surface area contributed by atoms with Gasteiger partial charge in [-0.15, -0.1) is 0 Å². The van der Waals surface area contributed by atoms with E-state index in [2.05, 4.69) is 26.1 Å². The van der Waals surface area contributed by atoms with Crippen molar-refractivity contribution in [2.24, 2.45) is 0 Å². The molecule has 1 aliphatic rings. The SMILES string of the molecule is CN1CCOC(CNC(=O)c2ccc(Br)cc2Cl)C1. The van der Waals surface area contributed by atoms with E-state index in [1.807, 2.05) is 7.05 Å². The van der Waals surface area contributed by atoms with Crippen molar-refractivity contribution in [2.75, 3.05) is 33.3 Å². The summed E-state index contributed by atoms with van der Waals surface area (Å²) < 4.78 is 6.44. The Labute approximate surface area is 126 Å². The Kier molecular flexibility index (Phi) is 5.21. The van der Waals surface area contributed by atoms with Gasteiger partial charge in [0.15, 0.2) is 0 Å². The molecule has 0 bridgehead atoms. The summed E-state index contributed by atoms with van der Waals surface area (Å²) in [5, 5.41) is 3.30. The molecule has 19 heavy (non-hydrogen) atoms. The van der Waals surface area contributed by atoms with Crippen molar-refractivity contribution in [3.63, 3.8) is 0 Å². The number of hydrogen-bond donors (Lipinski definition) is 1. The van der Waals surface area contributed by atoms with Crippen LogP contribution in [0.15, 0.2) is 22.7 Å². The molecule has 6 heteroatoms. The number of morpholine rings is 1. The van der Waals surface area contributed by atoms with E-state index < -0.39 is 0 Å². The predicted octanol–water partition coefficient (Wildman–Crippen LogP) is 2.16. The van der Waals surface area contributed by atoms with Gasteiger partial charge in [0, 0.05) is 24.1 Å². The van der Waals surface area contributed by atoms with Crippen LogP contribution in [0.2, 0.25) is 5.02 Å². The normalized spacial score (nSPS) is 20.3. The first-order valence-corrected chi connectivity index (χ1v) is 7.27. The molecule has 0 radical (unpaired) electrons. The summed E-state index contributed by atoms with van der Waals surface area (Å²) in [6.07, 6.45) is 0.0388. The highest BCUT2D eigenvalue weighted by Gasteiger charge is 2.19. The van der Waals surface area contributed by atoms with Gasteiger partial charge in [-0.25, -0.2) is 0 Å². The smallest absolute Gasteiger partial charge is 0.252 e. The van der Waals surface area contributed by atoms with Crippen LogP contribution in [-0.4, -0.2) is 50.2 Å². The summed E-state index contributed by atoms with van der Waals surface area (Å²) in [4.78, 5) is 14.2. The summed E-state index contributed by atoms with van der Waals surface area (Å²) in [5.74, 6) is -0.172. The monoisotopic (exact) mass is 346 g/mol. The Morgan fingerprint density at radius 3 is 3.11 bits per heavy atom. The van der Waals surface area contributed by atoms with Crippen LogP contribution in [0.3, 0.4) is 0 Å². The molecule has 1 amide bonds. The molecule has 0 saturated carbocycles. The highest BCUT2D eigenvalue weighted by Crippen LogP contribution is 2.21. The summed E-state index contributed by atoms with van der Waals surface area (Å²) in [5.41, 5.74) is 0.481. The molecule has 1 heterocycles. The minimum absolute atomic E-state index is 0.0388. The second-order valence-corrected chi connectivity index (χ2v) is 5.91. The lowest BCUT2D eigenvalue weighted by Crippen LogP contribution is -2.45. The molecule has 1 atom stereocenters.